The molecule has 8 heteroatoms. The van der Waals surface area contributed by atoms with Crippen molar-refractivity contribution in [1.29, 1.82) is 0 Å². The Bertz CT molecular complexity index is 4380. The van der Waals surface area contributed by atoms with E-state index in [2.05, 4.69) is 157 Å². The van der Waals surface area contributed by atoms with Gasteiger partial charge in [-0.25, -0.2) is 15.0 Å². The molecule has 0 atom stereocenters. The third kappa shape index (κ3) is 8.01. The van der Waals surface area contributed by atoms with Crippen LogP contribution in [0.2, 0.25) is 0 Å². The molecule has 0 aliphatic heterocycles. The standard InChI is InChI=1S/C68H48F3N5/c1-41-23-29-51(43(3)35-41)47-25-32-63-56(38-47)54-20-12-14-22-60(54)76(63)64-34-27-49(67-73-65(45-15-7-5-8-16-45)72-66(74-67)46-17-9-6-10-18-46)40-58(64)55-36-42(2)24-31-61(55)75-59-21-13-11-19-53(59)57-39-48(26-33-62(57)75)52-30-28-50(37-44(52)4)68(69,70)71/h5-40H,1-4H3. The van der Waals surface area contributed by atoms with Gasteiger partial charge in [-0.3, -0.25) is 0 Å². The summed E-state index contributed by atoms with van der Waals surface area (Å²) in [7, 11) is 0. The van der Waals surface area contributed by atoms with Gasteiger partial charge in [0.2, 0.25) is 0 Å². The number of hydrogen-bond donors (Lipinski definition) is 0. The lowest BCUT2D eigenvalue weighted by Gasteiger charge is -2.20. The maximum atomic E-state index is 13.8. The van der Waals surface area contributed by atoms with Gasteiger partial charge in [0.25, 0.3) is 0 Å². The Kier molecular flexibility index (Phi) is 11.1. The topological polar surface area (TPSA) is 48.5 Å². The Morgan fingerprint density at radius 2 is 0.737 bits per heavy atom. The van der Waals surface area contributed by atoms with E-state index < -0.39 is 11.7 Å². The van der Waals surface area contributed by atoms with Crippen LogP contribution in [0.15, 0.2) is 218 Å². The van der Waals surface area contributed by atoms with Crippen LogP contribution in [-0.2, 0) is 6.18 Å². The number of aromatic nitrogens is 5. The van der Waals surface area contributed by atoms with Gasteiger partial charge in [-0.15, -0.1) is 0 Å². The van der Waals surface area contributed by atoms with E-state index in [9.17, 15) is 13.2 Å². The first-order chi connectivity index (χ1) is 36.9. The van der Waals surface area contributed by atoms with Crippen molar-refractivity contribution in [1.82, 2.24) is 24.1 Å². The molecule has 366 valence electrons. The van der Waals surface area contributed by atoms with Crippen LogP contribution in [0, 0.1) is 27.7 Å². The fourth-order valence-corrected chi connectivity index (χ4v) is 11.2. The van der Waals surface area contributed by atoms with Crippen LogP contribution in [0.1, 0.15) is 27.8 Å². The summed E-state index contributed by atoms with van der Waals surface area (Å²) in [6, 6.07) is 73.9. The molecule has 13 rings (SSSR count). The average Bonchev–Trinajstić information content (AvgIpc) is 3.96. The summed E-state index contributed by atoms with van der Waals surface area (Å²) in [6.07, 6.45) is -4.43. The minimum absolute atomic E-state index is 0.540. The smallest absolute Gasteiger partial charge is 0.309 e. The maximum Gasteiger partial charge on any atom is 0.416 e. The van der Waals surface area contributed by atoms with Crippen LogP contribution in [0.4, 0.5) is 13.2 Å². The largest absolute Gasteiger partial charge is 0.416 e. The summed E-state index contributed by atoms with van der Waals surface area (Å²) >= 11 is 0. The molecule has 0 fully saturated rings. The van der Waals surface area contributed by atoms with Crippen LogP contribution < -0.4 is 0 Å². The minimum Gasteiger partial charge on any atom is -0.309 e. The van der Waals surface area contributed by atoms with Gasteiger partial charge in [-0.05, 0) is 140 Å². The first-order valence-corrected chi connectivity index (χ1v) is 25.4. The molecule has 5 nitrogen and oxygen atoms in total. The van der Waals surface area contributed by atoms with E-state index in [1.807, 2.05) is 72.8 Å². The van der Waals surface area contributed by atoms with E-state index in [1.54, 1.807) is 13.0 Å². The number of benzene rings is 10. The highest BCUT2D eigenvalue weighted by Gasteiger charge is 2.31. The zero-order valence-electron chi connectivity index (χ0n) is 42.2. The molecule has 3 heterocycles. The second-order valence-corrected chi connectivity index (χ2v) is 19.8. The Morgan fingerprint density at radius 1 is 0.316 bits per heavy atom. The summed E-state index contributed by atoms with van der Waals surface area (Å²) < 4.78 is 46.2. The lowest BCUT2D eigenvalue weighted by Crippen LogP contribution is -2.05. The van der Waals surface area contributed by atoms with Gasteiger partial charge in [0, 0.05) is 49.4 Å². The van der Waals surface area contributed by atoms with Crippen molar-refractivity contribution >= 4 is 43.6 Å². The van der Waals surface area contributed by atoms with Gasteiger partial charge in [0.15, 0.2) is 17.5 Å². The second kappa shape index (κ2) is 18.2. The molecule has 0 N–H and O–H groups in total. The van der Waals surface area contributed by atoms with E-state index in [-0.39, 0.29) is 0 Å². The first kappa shape index (κ1) is 46.4. The van der Waals surface area contributed by atoms with E-state index in [1.165, 1.54) is 28.8 Å². The van der Waals surface area contributed by atoms with Crippen LogP contribution in [-0.4, -0.2) is 24.1 Å². The highest BCUT2D eigenvalue weighted by Crippen LogP contribution is 2.44. The lowest BCUT2D eigenvalue weighted by molar-refractivity contribution is -0.137. The predicted octanol–water partition coefficient (Wildman–Crippen LogP) is 18.3. The fourth-order valence-electron chi connectivity index (χ4n) is 11.2. The summed E-state index contributed by atoms with van der Waals surface area (Å²) in [5.74, 6) is 1.69. The summed E-state index contributed by atoms with van der Waals surface area (Å²) in [5, 5.41) is 4.30. The Hall–Kier alpha value is -9.40. The number of nitrogens with zero attached hydrogens (tertiary/aromatic N) is 5. The Labute approximate surface area is 437 Å². The molecule has 0 bridgehead atoms. The van der Waals surface area contributed by atoms with E-state index in [0.29, 0.717) is 23.0 Å². The molecule has 13 aromatic rings. The highest BCUT2D eigenvalue weighted by atomic mass is 19.4. The van der Waals surface area contributed by atoms with Crippen molar-refractivity contribution in [2.75, 3.05) is 0 Å². The molecular formula is C68H48F3N5. The summed E-state index contributed by atoms with van der Waals surface area (Å²) in [4.78, 5) is 15.5. The molecule has 3 aromatic heterocycles. The van der Waals surface area contributed by atoms with Crippen molar-refractivity contribution in [3.8, 4) is 78.9 Å². The molecule has 0 unspecified atom stereocenters. The third-order valence-corrected chi connectivity index (χ3v) is 14.8. The van der Waals surface area contributed by atoms with Gasteiger partial charge < -0.3 is 9.13 Å². The van der Waals surface area contributed by atoms with E-state index >= 15 is 0 Å². The van der Waals surface area contributed by atoms with Crippen LogP contribution in [0.3, 0.4) is 0 Å². The molecular weight excluding hydrogens is 944 g/mol. The van der Waals surface area contributed by atoms with Gasteiger partial charge in [-0.2, -0.15) is 13.2 Å². The number of para-hydroxylation sites is 2. The molecule has 0 amide bonds. The van der Waals surface area contributed by atoms with Crippen molar-refractivity contribution in [2.24, 2.45) is 0 Å². The summed E-state index contributed by atoms with van der Waals surface area (Å²) in [5.41, 5.74) is 18.0. The average molecular weight is 992 g/mol. The minimum atomic E-state index is -4.43. The van der Waals surface area contributed by atoms with Gasteiger partial charge >= 0.3 is 6.18 Å². The number of hydrogen-bond acceptors (Lipinski definition) is 3. The molecule has 0 spiro atoms. The van der Waals surface area contributed by atoms with Crippen molar-refractivity contribution in [2.45, 2.75) is 33.9 Å². The highest BCUT2D eigenvalue weighted by molar-refractivity contribution is 6.13. The summed E-state index contributed by atoms with van der Waals surface area (Å²) in [6.45, 7) is 8.18. The van der Waals surface area contributed by atoms with Crippen LogP contribution in [0.25, 0.3) is 123 Å². The zero-order valence-corrected chi connectivity index (χ0v) is 42.2. The van der Waals surface area contributed by atoms with Gasteiger partial charge in [0.05, 0.1) is 39.0 Å². The van der Waals surface area contributed by atoms with Crippen molar-refractivity contribution in [3.05, 3.63) is 246 Å². The van der Waals surface area contributed by atoms with Crippen molar-refractivity contribution in [3.63, 3.8) is 0 Å². The number of rotatable bonds is 8. The molecule has 0 aliphatic rings. The van der Waals surface area contributed by atoms with Gasteiger partial charge in [0.1, 0.15) is 0 Å². The lowest BCUT2D eigenvalue weighted by atomic mass is 9.96. The molecule has 10 aromatic carbocycles. The van der Waals surface area contributed by atoms with E-state index in [4.69, 9.17) is 15.0 Å². The molecule has 0 radical (unpaired) electrons. The molecule has 76 heavy (non-hydrogen) atoms. The molecule has 0 aliphatic carbocycles. The third-order valence-electron chi connectivity index (χ3n) is 14.8. The quantitative estimate of drug-likeness (QED) is 0.152. The fraction of sp³-hybridized carbons (Fsp3) is 0.0735. The Balaban J connectivity index is 1.08. The van der Waals surface area contributed by atoms with E-state index in [0.717, 1.165) is 105 Å². The SMILES string of the molecule is Cc1ccc(-c2ccc3c(c2)c2ccccc2n3-c2ccc(-c3nc(-c4ccccc4)nc(-c4ccccc4)n3)cc2-c2cc(C)ccc2-n2c3ccccc3c3cc(-c4ccc(C(F)(F)F)cc4C)ccc32)c(C)c1. The van der Waals surface area contributed by atoms with Crippen LogP contribution in [0.5, 0.6) is 0 Å². The first-order valence-electron chi connectivity index (χ1n) is 25.4. The van der Waals surface area contributed by atoms with Crippen LogP contribution >= 0.6 is 0 Å². The number of alkyl halides is 3. The van der Waals surface area contributed by atoms with Crippen molar-refractivity contribution < 1.29 is 13.2 Å². The number of halogens is 3. The molecule has 0 saturated heterocycles. The monoisotopic (exact) mass is 991 g/mol. The zero-order chi connectivity index (χ0) is 51.8. The maximum absolute atomic E-state index is 13.8. The predicted molar refractivity (Wildman–Crippen MR) is 305 cm³/mol. The molecule has 0 saturated carbocycles. The van der Waals surface area contributed by atoms with Gasteiger partial charge in [-0.1, -0.05) is 151 Å². The number of aryl methyl sites for hydroxylation is 4. The normalized spacial score (nSPS) is 11.9. The Morgan fingerprint density at radius 3 is 1.26 bits per heavy atom. The second-order valence-electron chi connectivity index (χ2n) is 19.8. The number of fused-ring (bicyclic) bond motifs is 6.